The van der Waals surface area contributed by atoms with Crippen molar-refractivity contribution >= 4 is 57.2 Å². The first-order valence-electron chi connectivity index (χ1n) is 12.3. The molecule has 0 fully saturated rings. The summed E-state index contributed by atoms with van der Waals surface area (Å²) in [5.74, 6) is 0. The number of hydrogen-bond donors (Lipinski definition) is 0. The third kappa shape index (κ3) is 2.85. The van der Waals surface area contributed by atoms with Crippen LogP contribution in [-0.2, 0) is 0 Å². The molecule has 3 heteroatoms. The maximum atomic E-state index is 2.48. The monoisotopic (exact) mass is 448 g/mol. The second kappa shape index (κ2) is 7.64. The van der Waals surface area contributed by atoms with Gasteiger partial charge in [0.1, 0.15) is 0 Å². The minimum Gasteiger partial charge on any atom is -0.307 e. The summed E-state index contributed by atoms with van der Waals surface area (Å²) in [6.45, 7) is 4.68. The molecule has 0 bridgehead atoms. The highest BCUT2D eigenvalue weighted by Crippen LogP contribution is 2.54. The number of nitrogens with zero attached hydrogens (tertiary/aromatic N) is 2. The van der Waals surface area contributed by atoms with Gasteiger partial charge >= 0.3 is 0 Å². The number of anilines is 6. The van der Waals surface area contributed by atoms with Crippen LogP contribution in [-0.4, -0.2) is 6.71 Å². The molecule has 5 aromatic carbocycles. The van der Waals surface area contributed by atoms with E-state index in [0.717, 1.165) is 0 Å². The zero-order valence-corrected chi connectivity index (χ0v) is 19.9. The van der Waals surface area contributed by atoms with Gasteiger partial charge in [-0.25, -0.2) is 0 Å². The summed E-state index contributed by atoms with van der Waals surface area (Å²) < 4.78 is 0. The first-order valence-corrected chi connectivity index (χ1v) is 12.3. The molecule has 2 aliphatic heterocycles. The van der Waals surface area contributed by atoms with Crippen LogP contribution in [0.5, 0.6) is 0 Å². The van der Waals surface area contributed by atoms with Crippen LogP contribution in [0.1, 0.15) is 11.1 Å². The molecule has 0 spiro atoms. The van der Waals surface area contributed by atoms with E-state index in [0.29, 0.717) is 0 Å². The van der Waals surface area contributed by atoms with Crippen LogP contribution in [0.3, 0.4) is 0 Å². The van der Waals surface area contributed by atoms with Crippen molar-refractivity contribution in [2.45, 2.75) is 13.8 Å². The Labute approximate surface area is 207 Å². The van der Waals surface area contributed by atoms with E-state index in [-0.39, 0.29) is 6.71 Å². The molecule has 0 N–H and O–H groups in total. The van der Waals surface area contributed by atoms with Crippen molar-refractivity contribution in [2.24, 2.45) is 0 Å². The minimum atomic E-state index is 0.182. The predicted molar refractivity (Wildman–Crippen MR) is 150 cm³/mol. The molecule has 0 saturated heterocycles. The van der Waals surface area contributed by atoms with Crippen molar-refractivity contribution in [3.8, 4) is 0 Å². The molecule has 0 aromatic heterocycles. The molecule has 2 nitrogen and oxygen atoms in total. The highest BCUT2D eigenvalue weighted by Gasteiger charge is 2.41. The lowest BCUT2D eigenvalue weighted by atomic mass is 9.33. The molecule has 5 aromatic rings. The van der Waals surface area contributed by atoms with Crippen LogP contribution in [0.2, 0.25) is 0 Å². The van der Waals surface area contributed by atoms with Gasteiger partial charge in [0.2, 0.25) is 6.71 Å². The molecule has 166 valence electrons. The molecule has 0 radical (unpaired) electrons. The van der Waals surface area contributed by atoms with Gasteiger partial charge < -0.3 is 9.80 Å². The molecule has 2 heterocycles. The van der Waals surface area contributed by atoms with E-state index in [1.165, 1.54) is 61.6 Å². The fourth-order valence-electron chi connectivity index (χ4n) is 6.10. The van der Waals surface area contributed by atoms with Crippen LogP contribution in [0.4, 0.5) is 34.1 Å². The minimum absolute atomic E-state index is 0.182. The predicted octanol–water partition coefficient (Wildman–Crippen LogP) is 6.39. The van der Waals surface area contributed by atoms with Gasteiger partial charge in [-0.05, 0) is 61.2 Å². The van der Waals surface area contributed by atoms with Gasteiger partial charge in [0.25, 0.3) is 0 Å². The highest BCUT2D eigenvalue weighted by atomic mass is 15.3. The second-order valence-electron chi connectivity index (χ2n) is 9.51. The van der Waals surface area contributed by atoms with Gasteiger partial charge in [0.15, 0.2) is 0 Å². The zero-order valence-electron chi connectivity index (χ0n) is 19.9. The van der Waals surface area contributed by atoms with Crippen LogP contribution < -0.4 is 26.2 Å². The Morgan fingerprint density at radius 3 is 1.74 bits per heavy atom. The van der Waals surface area contributed by atoms with Crippen molar-refractivity contribution in [3.05, 3.63) is 126 Å². The molecule has 0 unspecified atom stereocenters. The van der Waals surface area contributed by atoms with Gasteiger partial charge in [0.05, 0.1) is 22.7 Å². The molecule has 2 aliphatic rings. The summed E-state index contributed by atoms with van der Waals surface area (Å²) in [7, 11) is 0. The molecule has 7 rings (SSSR count). The molecular formula is C32H25BN2. The fraction of sp³-hybridized carbons (Fsp3) is 0.0625. The number of rotatable bonds is 2. The second-order valence-corrected chi connectivity index (χ2v) is 9.51. The number of fused-ring (bicyclic) bond motifs is 4. The Bertz CT molecular complexity index is 1570. The Morgan fingerprint density at radius 2 is 1.00 bits per heavy atom. The molecule has 0 amide bonds. The molecule has 0 aliphatic carbocycles. The van der Waals surface area contributed by atoms with E-state index in [1.54, 1.807) is 0 Å². The summed E-state index contributed by atoms with van der Waals surface area (Å²) in [4.78, 5) is 4.90. The van der Waals surface area contributed by atoms with Gasteiger partial charge in [-0.3, -0.25) is 0 Å². The fourth-order valence-corrected chi connectivity index (χ4v) is 6.10. The number of benzene rings is 5. The Morgan fingerprint density at radius 1 is 0.457 bits per heavy atom. The van der Waals surface area contributed by atoms with Gasteiger partial charge in [-0.15, -0.1) is 0 Å². The lowest BCUT2D eigenvalue weighted by Crippen LogP contribution is -2.59. The van der Waals surface area contributed by atoms with Gasteiger partial charge in [-0.1, -0.05) is 95.5 Å². The van der Waals surface area contributed by atoms with Gasteiger partial charge in [-0.2, -0.15) is 0 Å². The van der Waals surface area contributed by atoms with E-state index in [2.05, 4.69) is 139 Å². The lowest BCUT2D eigenvalue weighted by molar-refractivity contribution is 1.17. The first kappa shape index (κ1) is 20.2. The van der Waals surface area contributed by atoms with Crippen molar-refractivity contribution in [1.29, 1.82) is 0 Å². The molecular weight excluding hydrogens is 423 g/mol. The largest absolute Gasteiger partial charge is 0.307 e. The highest BCUT2D eigenvalue weighted by molar-refractivity contribution is 6.98. The quantitative estimate of drug-likeness (QED) is 0.283. The smallest absolute Gasteiger partial charge is 0.247 e. The summed E-state index contributed by atoms with van der Waals surface area (Å²) in [5.41, 5.74) is 14.2. The van der Waals surface area contributed by atoms with Crippen molar-refractivity contribution in [1.82, 2.24) is 0 Å². The van der Waals surface area contributed by atoms with E-state index < -0.39 is 0 Å². The van der Waals surface area contributed by atoms with E-state index in [1.807, 2.05) is 0 Å². The van der Waals surface area contributed by atoms with Crippen molar-refractivity contribution in [3.63, 3.8) is 0 Å². The third-order valence-electron chi connectivity index (χ3n) is 7.52. The van der Waals surface area contributed by atoms with Crippen LogP contribution in [0.25, 0.3) is 0 Å². The van der Waals surface area contributed by atoms with E-state index in [4.69, 9.17) is 0 Å². The molecule has 35 heavy (non-hydrogen) atoms. The van der Waals surface area contributed by atoms with Gasteiger partial charge in [0, 0.05) is 11.4 Å². The van der Waals surface area contributed by atoms with Crippen molar-refractivity contribution < 1.29 is 0 Å². The number of hydrogen-bond acceptors (Lipinski definition) is 2. The standard InChI is InChI=1S/C32H25BN2/c1-22-12-10-13-23(2)31(22)33-25-16-6-7-18-27(25)35-29-20-9-8-19-28(29)34(24-14-4-3-5-15-24)30-21-11-17-26(33)32(30)35/h3-21H,1-2H3. The normalized spacial score (nSPS) is 13.3. The lowest BCUT2D eigenvalue weighted by Gasteiger charge is -2.45. The average molecular weight is 448 g/mol. The summed E-state index contributed by atoms with van der Waals surface area (Å²) in [5, 5.41) is 0. The Balaban J connectivity index is 1.59. The maximum Gasteiger partial charge on any atom is 0.247 e. The van der Waals surface area contributed by atoms with E-state index in [9.17, 15) is 0 Å². The van der Waals surface area contributed by atoms with E-state index >= 15 is 0 Å². The topological polar surface area (TPSA) is 6.48 Å². The molecule has 0 atom stereocenters. The SMILES string of the molecule is Cc1cccc(C)c1B1c2ccccc2N2c3ccccc3N(c3ccccc3)c3cccc1c32. The summed E-state index contributed by atoms with van der Waals surface area (Å²) in [6, 6.07) is 41.9. The van der Waals surface area contributed by atoms with Crippen LogP contribution in [0.15, 0.2) is 115 Å². The summed E-state index contributed by atoms with van der Waals surface area (Å²) >= 11 is 0. The number of para-hydroxylation sites is 5. The third-order valence-corrected chi connectivity index (χ3v) is 7.52. The number of aryl methyl sites for hydroxylation is 2. The van der Waals surface area contributed by atoms with Crippen LogP contribution >= 0.6 is 0 Å². The molecule has 0 saturated carbocycles. The Hall–Kier alpha value is -4.24. The van der Waals surface area contributed by atoms with Crippen molar-refractivity contribution in [2.75, 3.05) is 9.80 Å². The van der Waals surface area contributed by atoms with Crippen LogP contribution in [0, 0.1) is 13.8 Å². The average Bonchev–Trinajstić information content (AvgIpc) is 2.90. The summed E-state index contributed by atoms with van der Waals surface area (Å²) in [6.07, 6.45) is 0. The Kier molecular flexibility index (Phi) is 4.40. The maximum absolute atomic E-state index is 2.48. The first-order chi connectivity index (χ1) is 17.2. The zero-order chi connectivity index (χ0) is 23.5.